The SMILES string of the molecule is CC(C)(C)c1ccc(S)cc1.CC(C)C. The van der Waals surface area contributed by atoms with E-state index in [0.29, 0.717) is 0 Å². The first-order chi connectivity index (χ1) is 6.73. The molecule has 0 fully saturated rings. The molecule has 0 aromatic heterocycles. The Labute approximate surface area is 101 Å². The van der Waals surface area contributed by atoms with Crippen LogP contribution >= 0.6 is 12.6 Å². The van der Waals surface area contributed by atoms with Crippen LogP contribution in [0.15, 0.2) is 29.2 Å². The molecule has 0 aliphatic heterocycles. The molecule has 0 heterocycles. The van der Waals surface area contributed by atoms with Crippen molar-refractivity contribution in [2.24, 2.45) is 5.92 Å². The van der Waals surface area contributed by atoms with Crippen LogP contribution in [-0.4, -0.2) is 0 Å². The summed E-state index contributed by atoms with van der Waals surface area (Å²) in [7, 11) is 0. The summed E-state index contributed by atoms with van der Waals surface area (Å²) < 4.78 is 0. The second-order valence-corrected chi connectivity index (χ2v) is 6.05. The average molecular weight is 224 g/mol. The van der Waals surface area contributed by atoms with E-state index in [-0.39, 0.29) is 5.41 Å². The first kappa shape index (κ1) is 14.6. The van der Waals surface area contributed by atoms with Gasteiger partial charge in [0, 0.05) is 4.90 Å². The van der Waals surface area contributed by atoms with E-state index in [2.05, 4.69) is 66.3 Å². The van der Waals surface area contributed by atoms with E-state index in [4.69, 9.17) is 0 Å². The van der Waals surface area contributed by atoms with Crippen molar-refractivity contribution in [2.45, 2.75) is 51.9 Å². The molecule has 0 spiro atoms. The summed E-state index contributed by atoms with van der Waals surface area (Å²) in [5.41, 5.74) is 1.61. The van der Waals surface area contributed by atoms with E-state index in [1.54, 1.807) is 0 Å². The van der Waals surface area contributed by atoms with Crippen molar-refractivity contribution in [3.05, 3.63) is 29.8 Å². The molecule has 0 unspecified atom stereocenters. The highest BCUT2D eigenvalue weighted by molar-refractivity contribution is 7.80. The molecule has 1 aromatic carbocycles. The molecule has 0 radical (unpaired) electrons. The van der Waals surface area contributed by atoms with Crippen LogP contribution in [-0.2, 0) is 5.41 Å². The monoisotopic (exact) mass is 224 g/mol. The lowest BCUT2D eigenvalue weighted by Gasteiger charge is -2.18. The first-order valence-electron chi connectivity index (χ1n) is 5.53. The van der Waals surface area contributed by atoms with Crippen LogP contribution in [0.5, 0.6) is 0 Å². The van der Waals surface area contributed by atoms with Gasteiger partial charge in [0.05, 0.1) is 0 Å². The molecule has 15 heavy (non-hydrogen) atoms. The van der Waals surface area contributed by atoms with Gasteiger partial charge in [-0.1, -0.05) is 53.7 Å². The van der Waals surface area contributed by atoms with Gasteiger partial charge >= 0.3 is 0 Å². The Hall–Kier alpha value is -0.430. The van der Waals surface area contributed by atoms with Gasteiger partial charge in [-0.15, -0.1) is 12.6 Å². The third kappa shape index (κ3) is 7.49. The zero-order valence-electron chi connectivity index (χ0n) is 10.8. The van der Waals surface area contributed by atoms with E-state index >= 15 is 0 Å². The Morgan fingerprint density at radius 2 is 1.27 bits per heavy atom. The van der Waals surface area contributed by atoms with Crippen molar-refractivity contribution in [3.63, 3.8) is 0 Å². The third-order valence-corrected chi connectivity index (χ3v) is 2.03. The van der Waals surface area contributed by atoms with Crippen LogP contribution in [0.1, 0.15) is 47.1 Å². The van der Waals surface area contributed by atoms with Crippen LogP contribution in [0.3, 0.4) is 0 Å². The number of hydrogen-bond acceptors (Lipinski definition) is 1. The highest BCUT2D eigenvalue weighted by Gasteiger charge is 2.11. The Balaban J connectivity index is 0.000000423. The molecule has 0 atom stereocenters. The van der Waals surface area contributed by atoms with Crippen LogP contribution in [0.2, 0.25) is 0 Å². The molecule has 1 heteroatoms. The van der Waals surface area contributed by atoms with Crippen molar-refractivity contribution in [1.82, 2.24) is 0 Å². The third-order valence-electron chi connectivity index (χ3n) is 1.73. The number of rotatable bonds is 0. The summed E-state index contributed by atoms with van der Waals surface area (Å²) >= 11 is 4.23. The van der Waals surface area contributed by atoms with E-state index in [1.807, 2.05) is 12.1 Å². The molecule has 1 aromatic rings. The van der Waals surface area contributed by atoms with Crippen LogP contribution in [0, 0.1) is 5.92 Å². The molecule has 0 aliphatic rings. The van der Waals surface area contributed by atoms with Gasteiger partial charge < -0.3 is 0 Å². The maximum atomic E-state index is 4.23. The first-order valence-corrected chi connectivity index (χ1v) is 5.97. The van der Waals surface area contributed by atoms with Crippen LogP contribution in [0.25, 0.3) is 0 Å². The van der Waals surface area contributed by atoms with Gasteiger partial charge in [0.15, 0.2) is 0 Å². The molecule has 0 saturated heterocycles. The predicted octanol–water partition coefficient (Wildman–Crippen LogP) is 4.94. The molecule has 1 rings (SSSR count). The van der Waals surface area contributed by atoms with Crippen molar-refractivity contribution in [2.75, 3.05) is 0 Å². The van der Waals surface area contributed by atoms with Gasteiger partial charge in [-0.2, -0.15) is 0 Å². The lowest BCUT2D eigenvalue weighted by molar-refractivity contribution is 0.590. The van der Waals surface area contributed by atoms with E-state index < -0.39 is 0 Å². The number of thiol groups is 1. The Kier molecular flexibility index (Phi) is 6.04. The van der Waals surface area contributed by atoms with Gasteiger partial charge in [-0.3, -0.25) is 0 Å². The molecule has 0 nitrogen and oxygen atoms in total. The summed E-state index contributed by atoms with van der Waals surface area (Å²) in [5, 5.41) is 0. The topological polar surface area (TPSA) is 0 Å². The van der Waals surface area contributed by atoms with Crippen molar-refractivity contribution >= 4 is 12.6 Å². The molecular formula is C14H24S. The maximum Gasteiger partial charge on any atom is 0.00401 e. The normalized spacial score (nSPS) is 10.9. The van der Waals surface area contributed by atoms with Crippen LogP contribution in [0.4, 0.5) is 0 Å². The van der Waals surface area contributed by atoms with Crippen molar-refractivity contribution in [3.8, 4) is 0 Å². The van der Waals surface area contributed by atoms with Gasteiger partial charge in [0.2, 0.25) is 0 Å². The minimum Gasteiger partial charge on any atom is -0.143 e. The van der Waals surface area contributed by atoms with Gasteiger partial charge in [-0.25, -0.2) is 0 Å². The Morgan fingerprint density at radius 1 is 0.933 bits per heavy atom. The quantitative estimate of drug-likeness (QED) is 0.593. The van der Waals surface area contributed by atoms with E-state index in [9.17, 15) is 0 Å². The summed E-state index contributed by atoms with van der Waals surface area (Å²) in [5.74, 6) is 0.833. The molecule has 0 bridgehead atoms. The summed E-state index contributed by atoms with van der Waals surface area (Å²) in [6.07, 6.45) is 0. The standard InChI is InChI=1S/C10H14S.C4H10/c1-10(2,3)8-4-6-9(11)7-5-8;1-4(2)3/h4-7,11H,1-3H3;4H,1-3H3. The number of benzene rings is 1. The highest BCUT2D eigenvalue weighted by atomic mass is 32.1. The zero-order valence-corrected chi connectivity index (χ0v) is 11.7. The smallest absolute Gasteiger partial charge is 0.00401 e. The van der Waals surface area contributed by atoms with Crippen molar-refractivity contribution < 1.29 is 0 Å². The largest absolute Gasteiger partial charge is 0.143 e. The second-order valence-electron chi connectivity index (χ2n) is 5.53. The Morgan fingerprint density at radius 3 is 1.53 bits per heavy atom. The lowest BCUT2D eigenvalue weighted by Crippen LogP contribution is -2.10. The fourth-order valence-corrected chi connectivity index (χ4v) is 1.11. The fourth-order valence-electron chi connectivity index (χ4n) is 0.961. The van der Waals surface area contributed by atoms with Gasteiger partial charge in [0.25, 0.3) is 0 Å². The predicted molar refractivity (Wildman–Crippen MR) is 72.9 cm³/mol. The molecule has 0 amide bonds. The zero-order chi connectivity index (χ0) is 12.1. The fraction of sp³-hybridized carbons (Fsp3) is 0.571. The number of hydrogen-bond donors (Lipinski definition) is 1. The van der Waals surface area contributed by atoms with Crippen molar-refractivity contribution in [1.29, 1.82) is 0 Å². The second kappa shape index (κ2) is 6.22. The average Bonchev–Trinajstić information content (AvgIpc) is 2.01. The van der Waals surface area contributed by atoms with E-state index in [0.717, 1.165) is 10.8 Å². The molecule has 0 saturated carbocycles. The minimum absolute atomic E-state index is 0.251. The Bertz CT molecular complexity index is 262. The van der Waals surface area contributed by atoms with Gasteiger partial charge in [0.1, 0.15) is 0 Å². The summed E-state index contributed by atoms with van der Waals surface area (Å²) in [4.78, 5) is 1.03. The van der Waals surface area contributed by atoms with Gasteiger partial charge in [-0.05, 0) is 29.0 Å². The maximum absolute atomic E-state index is 4.23. The molecule has 0 aliphatic carbocycles. The van der Waals surface area contributed by atoms with E-state index in [1.165, 1.54) is 5.56 Å². The molecular weight excluding hydrogens is 200 g/mol. The summed E-state index contributed by atoms with van der Waals surface area (Å²) in [6, 6.07) is 8.32. The van der Waals surface area contributed by atoms with Crippen LogP contribution < -0.4 is 0 Å². The highest BCUT2D eigenvalue weighted by Crippen LogP contribution is 2.22. The molecule has 0 N–H and O–H groups in total. The minimum atomic E-state index is 0.251. The molecule has 86 valence electrons. The summed E-state index contributed by atoms with van der Waals surface area (Å²) in [6.45, 7) is 13.1. The lowest BCUT2D eigenvalue weighted by atomic mass is 9.87.